The van der Waals surface area contributed by atoms with E-state index in [4.69, 9.17) is 17.0 Å². The minimum atomic E-state index is -0.121. The van der Waals surface area contributed by atoms with Gasteiger partial charge in [0.05, 0.1) is 24.9 Å². The summed E-state index contributed by atoms with van der Waals surface area (Å²) in [5.74, 6) is 1.04. The van der Waals surface area contributed by atoms with Crippen LogP contribution in [0.25, 0.3) is 5.69 Å². The molecule has 172 valence electrons. The molecular formula is C27H26N4O2S. The molecule has 1 fully saturated rings. The van der Waals surface area contributed by atoms with Crippen LogP contribution in [0.2, 0.25) is 0 Å². The van der Waals surface area contributed by atoms with E-state index in [1.807, 2.05) is 60.8 Å². The van der Waals surface area contributed by atoms with Crippen LogP contribution in [0.1, 0.15) is 34.7 Å². The van der Waals surface area contributed by atoms with E-state index in [1.165, 1.54) is 0 Å². The van der Waals surface area contributed by atoms with Gasteiger partial charge in [-0.25, -0.2) is 0 Å². The summed E-state index contributed by atoms with van der Waals surface area (Å²) in [6, 6.07) is 23.2. The topological polar surface area (TPSA) is 62.5 Å². The molecule has 1 aliphatic heterocycles. The van der Waals surface area contributed by atoms with Crippen LogP contribution in [0.15, 0.2) is 79.0 Å². The second-order valence-corrected chi connectivity index (χ2v) is 8.76. The van der Waals surface area contributed by atoms with Gasteiger partial charge in [-0.05, 0) is 98.4 Å². The van der Waals surface area contributed by atoms with Gasteiger partial charge in [0, 0.05) is 29.0 Å². The third kappa shape index (κ3) is 3.78. The van der Waals surface area contributed by atoms with E-state index in [1.54, 1.807) is 19.2 Å². The van der Waals surface area contributed by atoms with Gasteiger partial charge in [-0.1, -0.05) is 6.07 Å². The molecular weight excluding hydrogens is 444 g/mol. The molecule has 5 rings (SSSR count). The van der Waals surface area contributed by atoms with Gasteiger partial charge in [0.25, 0.3) is 0 Å². The number of nitrogens with one attached hydrogen (secondary N) is 1. The summed E-state index contributed by atoms with van der Waals surface area (Å²) < 4.78 is 7.56. The maximum atomic E-state index is 9.75. The molecule has 0 radical (unpaired) electrons. The van der Waals surface area contributed by atoms with Crippen molar-refractivity contribution in [1.82, 2.24) is 14.9 Å². The van der Waals surface area contributed by atoms with Crippen LogP contribution in [-0.4, -0.2) is 26.9 Å². The number of phenols is 1. The molecule has 0 saturated carbocycles. The molecule has 6 nitrogen and oxygen atoms in total. The molecule has 1 saturated heterocycles. The van der Waals surface area contributed by atoms with Gasteiger partial charge in [0.1, 0.15) is 11.5 Å². The average Bonchev–Trinajstić information content (AvgIpc) is 3.35. The Kier molecular flexibility index (Phi) is 5.71. The highest BCUT2D eigenvalue weighted by molar-refractivity contribution is 7.80. The van der Waals surface area contributed by atoms with Gasteiger partial charge in [-0.3, -0.25) is 4.98 Å². The summed E-state index contributed by atoms with van der Waals surface area (Å²) in [6.07, 6.45) is 1.81. The highest BCUT2D eigenvalue weighted by Gasteiger charge is 2.42. The molecule has 3 heterocycles. The second-order valence-electron chi connectivity index (χ2n) is 8.37. The van der Waals surface area contributed by atoms with Crippen LogP contribution in [0, 0.1) is 13.8 Å². The monoisotopic (exact) mass is 470 g/mol. The van der Waals surface area contributed by atoms with Crippen molar-refractivity contribution < 1.29 is 9.84 Å². The first-order valence-electron chi connectivity index (χ1n) is 11.1. The highest BCUT2D eigenvalue weighted by Crippen LogP contribution is 2.44. The molecule has 2 atom stereocenters. The average molecular weight is 471 g/mol. The smallest absolute Gasteiger partial charge is 0.174 e. The van der Waals surface area contributed by atoms with E-state index in [0.29, 0.717) is 5.11 Å². The van der Waals surface area contributed by atoms with Crippen LogP contribution < -0.4 is 15.0 Å². The summed E-state index contributed by atoms with van der Waals surface area (Å²) in [5.41, 5.74) is 6.28. The first kappa shape index (κ1) is 22.0. The molecule has 7 heteroatoms. The number of aromatic hydroxyl groups is 1. The third-order valence-electron chi connectivity index (χ3n) is 6.35. The highest BCUT2D eigenvalue weighted by atomic mass is 32.1. The molecule has 0 amide bonds. The number of benzene rings is 2. The number of anilines is 1. The van der Waals surface area contributed by atoms with Crippen LogP contribution in [-0.2, 0) is 0 Å². The van der Waals surface area contributed by atoms with E-state index in [9.17, 15) is 5.11 Å². The third-order valence-corrected chi connectivity index (χ3v) is 6.66. The lowest BCUT2D eigenvalue weighted by Gasteiger charge is -2.28. The molecule has 34 heavy (non-hydrogen) atoms. The number of aryl methyl sites for hydroxylation is 1. The number of pyridine rings is 1. The number of thiocarbonyl (C=S) groups is 1. The summed E-state index contributed by atoms with van der Waals surface area (Å²) in [5, 5.41) is 13.9. The van der Waals surface area contributed by atoms with E-state index in [-0.39, 0.29) is 17.8 Å². The Labute approximate surface area is 204 Å². The first-order valence-corrected chi connectivity index (χ1v) is 11.5. The van der Waals surface area contributed by atoms with Crippen molar-refractivity contribution in [3.63, 3.8) is 0 Å². The second kappa shape index (κ2) is 8.83. The first-order chi connectivity index (χ1) is 16.5. The van der Waals surface area contributed by atoms with Crippen LogP contribution in [0.3, 0.4) is 0 Å². The summed E-state index contributed by atoms with van der Waals surface area (Å²) in [4.78, 5) is 6.81. The Bertz CT molecular complexity index is 1320. The van der Waals surface area contributed by atoms with E-state index >= 15 is 0 Å². The summed E-state index contributed by atoms with van der Waals surface area (Å²) in [6.45, 7) is 4.22. The van der Waals surface area contributed by atoms with Crippen LogP contribution in [0.4, 0.5) is 5.69 Å². The molecule has 2 N–H and O–H groups in total. The van der Waals surface area contributed by atoms with E-state index in [0.717, 1.165) is 39.8 Å². The standard InChI is InChI=1S/C27H26N4O2S/c1-17-16-23(18(2)30(17)19-7-11-21(32)12-8-19)26-25(24-6-4-5-15-28-24)29-27(34)31(26)20-9-13-22(33-3)14-10-20/h4-16,25-26,32H,1-3H3,(H,29,34)/t25-,26-/m1/s1. The Morgan fingerprint density at radius 3 is 2.32 bits per heavy atom. The van der Waals surface area contributed by atoms with Crippen molar-refractivity contribution in [2.75, 3.05) is 12.0 Å². The number of ether oxygens (including phenoxy) is 1. The number of hydrogen-bond acceptors (Lipinski definition) is 4. The molecule has 2 aromatic carbocycles. The van der Waals surface area contributed by atoms with Gasteiger partial charge < -0.3 is 24.6 Å². The molecule has 0 aliphatic carbocycles. The van der Waals surface area contributed by atoms with Gasteiger partial charge in [-0.15, -0.1) is 0 Å². The molecule has 0 bridgehead atoms. The lowest BCUT2D eigenvalue weighted by atomic mass is 9.96. The zero-order valence-electron chi connectivity index (χ0n) is 19.3. The fourth-order valence-electron chi connectivity index (χ4n) is 4.78. The zero-order chi connectivity index (χ0) is 23.8. The van der Waals surface area contributed by atoms with Gasteiger partial charge in [0.2, 0.25) is 0 Å². The van der Waals surface area contributed by atoms with Crippen molar-refractivity contribution in [2.24, 2.45) is 0 Å². The number of phenolic OH excluding ortho intramolecular Hbond substituents is 1. The van der Waals surface area contributed by atoms with Gasteiger partial charge in [-0.2, -0.15) is 0 Å². The van der Waals surface area contributed by atoms with Crippen LogP contribution in [0.5, 0.6) is 11.5 Å². The van der Waals surface area contributed by atoms with Crippen molar-refractivity contribution >= 4 is 23.0 Å². The number of rotatable bonds is 5. The minimum Gasteiger partial charge on any atom is -0.508 e. The minimum absolute atomic E-state index is 0.104. The van der Waals surface area contributed by atoms with Crippen molar-refractivity contribution in [3.8, 4) is 17.2 Å². The maximum Gasteiger partial charge on any atom is 0.174 e. The fourth-order valence-corrected chi connectivity index (χ4v) is 5.12. The predicted molar refractivity (Wildman–Crippen MR) is 138 cm³/mol. The number of methoxy groups -OCH3 is 1. The molecule has 1 aliphatic rings. The van der Waals surface area contributed by atoms with Gasteiger partial charge >= 0.3 is 0 Å². The lowest BCUT2D eigenvalue weighted by molar-refractivity contribution is 0.415. The molecule has 2 aromatic heterocycles. The SMILES string of the molecule is COc1ccc(N2C(=S)N[C@H](c3ccccn3)[C@H]2c2cc(C)n(-c3ccc(O)cc3)c2C)cc1. The molecule has 0 spiro atoms. The van der Waals surface area contributed by atoms with Crippen molar-refractivity contribution in [2.45, 2.75) is 25.9 Å². The Balaban J connectivity index is 1.66. The number of nitrogens with zero attached hydrogens (tertiary/aromatic N) is 3. The summed E-state index contributed by atoms with van der Waals surface area (Å²) in [7, 11) is 1.66. The number of hydrogen-bond donors (Lipinski definition) is 2. The Morgan fingerprint density at radius 2 is 1.68 bits per heavy atom. The quantitative estimate of drug-likeness (QED) is 0.382. The molecule has 4 aromatic rings. The van der Waals surface area contributed by atoms with E-state index in [2.05, 4.69) is 39.7 Å². The molecule has 0 unspecified atom stereocenters. The zero-order valence-corrected chi connectivity index (χ0v) is 20.1. The van der Waals surface area contributed by atoms with Crippen molar-refractivity contribution in [3.05, 3.63) is 102 Å². The predicted octanol–water partition coefficient (Wildman–Crippen LogP) is 5.38. The fraction of sp³-hybridized carbons (Fsp3) is 0.185. The lowest BCUT2D eigenvalue weighted by Crippen LogP contribution is -2.29. The largest absolute Gasteiger partial charge is 0.508 e. The Hall–Kier alpha value is -3.84. The van der Waals surface area contributed by atoms with Crippen molar-refractivity contribution in [1.29, 1.82) is 0 Å². The van der Waals surface area contributed by atoms with Gasteiger partial charge in [0.15, 0.2) is 5.11 Å². The normalized spacial score (nSPS) is 17.6. The Morgan fingerprint density at radius 1 is 0.971 bits per heavy atom. The van der Waals surface area contributed by atoms with Crippen LogP contribution >= 0.6 is 12.2 Å². The van der Waals surface area contributed by atoms with E-state index < -0.39 is 0 Å². The maximum absolute atomic E-state index is 9.75. The number of aromatic nitrogens is 2. The summed E-state index contributed by atoms with van der Waals surface area (Å²) >= 11 is 5.85.